The Morgan fingerprint density at radius 1 is 1.25 bits per heavy atom. The Bertz CT molecular complexity index is 126. The van der Waals surface area contributed by atoms with Crippen molar-refractivity contribution in [2.45, 2.75) is 19.9 Å². The fourth-order valence-corrected chi connectivity index (χ4v) is 2.68. The van der Waals surface area contributed by atoms with E-state index in [-0.39, 0.29) is 0 Å². The smallest absolute Gasteiger partial charge is 0.330 e. The number of hydrogen-bond acceptors (Lipinski definition) is 4. The predicted molar refractivity (Wildman–Crippen MR) is 54.8 cm³/mol. The van der Waals surface area contributed by atoms with E-state index in [1.807, 2.05) is 13.8 Å². The van der Waals surface area contributed by atoms with Gasteiger partial charge in [-0.25, -0.2) is 0 Å². The maximum Gasteiger partial charge on any atom is 0.330 e. The van der Waals surface area contributed by atoms with Gasteiger partial charge in [-0.3, -0.25) is 0 Å². The van der Waals surface area contributed by atoms with Crippen molar-refractivity contribution in [1.29, 1.82) is 0 Å². The number of hydrogen-bond donors (Lipinski definition) is 0. The van der Waals surface area contributed by atoms with E-state index in [4.69, 9.17) is 25.8 Å². The van der Waals surface area contributed by atoms with E-state index in [9.17, 15) is 0 Å². The second-order valence-electron chi connectivity index (χ2n) is 2.12. The molecule has 0 fully saturated rings. The summed E-state index contributed by atoms with van der Waals surface area (Å²) in [5.41, 5.74) is 0. The summed E-state index contributed by atoms with van der Waals surface area (Å²) in [6.45, 7) is 5.27. The molecule has 0 aromatic rings. The highest BCUT2D eigenvalue weighted by Crippen LogP contribution is 2.00. The molecule has 0 rings (SSSR count). The summed E-state index contributed by atoms with van der Waals surface area (Å²) >= 11 is 4.91. The third kappa shape index (κ3) is 5.65. The molecule has 12 heavy (non-hydrogen) atoms. The normalized spacial score (nSPS) is 10.3. The van der Waals surface area contributed by atoms with Crippen LogP contribution in [0, 0.1) is 0 Å². The molecule has 0 saturated heterocycles. The number of ether oxygens (including phenoxy) is 1. The van der Waals surface area contributed by atoms with Gasteiger partial charge < -0.3 is 13.6 Å². The van der Waals surface area contributed by atoms with E-state index in [1.165, 1.54) is 0 Å². The molecule has 0 aliphatic rings. The average Bonchev–Trinajstić information content (AvgIpc) is 2.05. The minimum atomic E-state index is -1.58. The Kier molecular flexibility index (Phi) is 7.68. The van der Waals surface area contributed by atoms with Gasteiger partial charge in [0, 0.05) is 13.2 Å². The third-order valence-electron chi connectivity index (χ3n) is 1.27. The lowest BCUT2D eigenvalue weighted by molar-refractivity contribution is 0.215. The first kappa shape index (κ1) is 12.0. The van der Waals surface area contributed by atoms with Crippen LogP contribution in [0.1, 0.15) is 13.8 Å². The second kappa shape index (κ2) is 7.66. The van der Waals surface area contributed by atoms with E-state index in [1.54, 1.807) is 7.11 Å². The van der Waals surface area contributed by atoms with Crippen molar-refractivity contribution < 1.29 is 13.6 Å². The molecule has 0 bridgehead atoms. The SMILES string of the molecule is CCO[SiH](CC(=S)OC)OCC. The standard InChI is InChI=1S/C7H16O3SSi/c1-4-9-12(10-5-2)6-7(11)8-3/h12H,4-6H2,1-3H3. The van der Waals surface area contributed by atoms with Gasteiger partial charge >= 0.3 is 9.28 Å². The summed E-state index contributed by atoms with van der Waals surface area (Å²) in [5, 5.41) is 0.577. The zero-order valence-electron chi connectivity index (χ0n) is 7.83. The molecule has 0 aromatic heterocycles. The van der Waals surface area contributed by atoms with Crippen LogP contribution in [0.5, 0.6) is 0 Å². The lowest BCUT2D eigenvalue weighted by Gasteiger charge is -2.14. The number of rotatable bonds is 6. The fraction of sp³-hybridized carbons (Fsp3) is 0.857. The molecule has 0 aliphatic heterocycles. The summed E-state index contributed by atoms with van der Waals surface area (Å²) in [5.74, 6) is 0. The zero-order valence-corrected chi connectivity index (χ0v) is 9.80. The molecule has 72 valence electrons. The minimum Gasteiger partial charge on any atom is -0.490 e. The molecule has 0 amide bonds. The highest BCUT2D eigenvalue weighted by molar-refractivity contribution is 7.80. The predicted octanol–water partition coefficient (Wildman–Crippen LogP) is 1.25. The van der Waals surface area contributed by atoms with Gasteiger partial charge in [-0.2, -0.15) is 0 Å². The Hall–Kier alpha value is 0.0269. The van der Waals surface area contributed by atoms with Crippen LogP contribution in [0.4, 0.5) is 0 Å². The van der Waals surface area contributed by atoms with Crippen LogP contribution in [0.3, 0.4) is 0 Å². The second-order valence-corrected chi connectivity index (χ2v) is 4.51. The molecule has 0 N–H and O–H groups in total. The van der Waals surface area contributed by atoms with Crippen LogP contribution >= 0.6 is 12.2 Å². The summed E-state index contributed by atoms with van der Waals surface area (Å²) in [7, 11) is -0.000425. The molecule has 0 spiro atoms. The van der Waals surface area contributed by atoms with Gasteiger partial charge in [0.05, 0.1) is 13.2 Å². The van der Waals surface area contributed by atoms with Crippen LogP contribution in [0.2, 0.25) is 6.04 Å². The molecule has 0 atom stereocenters. The molecular formula is C7H16O3SSi. The van der Waals surface area contributed by atoms with E-state index >= 15 is 0 Å². The van der Waals surface area contributed by atoms with Gasteiger partial charge in [0.15, 0.2) is 5.05 Å². The van der Waals surface area contributed by atoms with Crippen LogP contribution in [-0.4, -0.2) is 34.7 Å². The largest absolute Gasteiger partial charge is 0.490 e. The Morgan fingerprint density at radius 2 is 1.75 bits per heavy atom. The highest BCUT2D eigenvalue weighted by atomic mass is 32.1. The molecule has 0 radical (unpaired) electrons. The van der Waals surface area contributed by atoms with E-state index in [0.717, 1.165) is 0 Å². The van der Waals surface area contributed by atoms with Crippen molar-refractivity contribution in [3.8, 4) is 0 Å². The molecule has 0 saturated carbocycles. The van der Waals surface area contributed by atoms with E-state index < -0.39 is 9.28 Å². The van der Waals surface area contributed by atoms with Crippen molar-refractivity contribution in [2.75, 3.05) is 20.3 Å². The van der Waals surface area contributed by atoms with Gasteiger partial charge in [0.2, 0.25) is 0 Å². The first-order valence-corrected chi connectivity index (χ1v) is 6.21. The molecular weight excluding hydrogens is 192 g/mol. The maximum absolute atomic E-state index is 5.40. The van der Waals surface area contributed by atoms with Crippen molar-refractivity contribution in [2.24, 2.45) is 0 Å². The highest BCUT2D eigenvalue weighted by Gasteiger charge is 2.14. The average molecular weight is 208 g/mol. The Labute approximate surface area is 80.9 Å². The Morgan fingerprint density at radius 3 is 2.08 bits per heavy atom. The molecule has 0 aliphatic carbocycles. The maximum atomic E-state index is 5.40. The Balaban J connectivity index is 3.68. The van der Waals surface area contributed by atoms with Crippen LogP contribution in [0.15, 0.2) is 0 Å². The molecule has 0 heterocycles. The van der Waals surface area contributed by atoms with Crippen LogP contribution < -0.4 is 0 Å². The zero-order chi connectivity index (χ0) is 9.40. The quantitative estimate of drug-likeness (QED) is 0.485. The molecule has 0 aromatic carbocycles. The minimum absolute atomic E-state index is 0.577. The summed E-state index contributed by atoms with van der Waals surface area (Å²) in [4.78, 5) is 0. The van der Waals surface area contributed by atoms with E-state index in [2.05, 4.69) is 0 Å². The van der Waals surface area contributed by atoms with Gasteiger partial charge in [-0.15, -0.1) is 0 Å². The van der Waals surface area contributed by atoms with Crippen molar-refractivity contribution in [3.63, 3.8) is 0 Å². The van der Waals surface area contributed by atoms with Crippen molar-refractivity contribution in [1.82, 2.24) is 0 Å². The number of methoxy groups -OCH3 is 1. The first-order chi connectivity index (χ1) is 5.74. The van der Waals surface area contributed by atoms with Gasteiger partial charge in [-0.05, 0) is 26.1 Å². The van der Waals surface area contributed by atoms with Crippen molar-refractivity contribution >= 4 is 26.6 Å². The van der Waals surface area contributed by atoms with Gasteiger partial charge in [0.25, 0.3) is 0 Å². The fourth-order valence-electron chi connectivity index (χ4n) is 0.757. The third-order valence-corrected chi connectivity index (χ3v) is 4.01. The molecule has 0 unspecified atom stereocenters. The topological polar surface area (TPSA) is 27.7 Å². The van der Waals surface area contributed by atoms with Gasteiger partial charge in [-0.1, -0.05) is 0 Å². The lowest BCUT2D eigenvalue weighted by atomic mass is 10.8. The van der Waals surface area contributed by atoms with E-state index in [0.29, 0.717) is 24.3 Å². The lowest BCUT2D eigenvalue weighted by Crippen LogP contribution is -2.25. The summed E-state index contributed by atoms with van der Waals surface area (Å²) < 4.78 is 15.7. The monoisotopic (exact) mass is 208 g/mol. The van der Waals surface area contributed by atoms with Gasteiger partial charge in [0.1, 0.15) is 0 Å². The number of thiocarbonyl (C=S) groups is 1. The first-order valence-electron chi connectivity index (χ1n) is 4.04. The summed E-state index contributed by atoms with van der Waals surface area (Å²) in [6.07, 6.45) is 0. The molecule has 5 heteroatoms. The van der Waals surface area contributed by atoms with Crippen LogP contribution in [0.25, 0.3) is 0 Å². The molecule has 3 nitrogen and oxygen atoms in total. The summed E-state index contributed by atoms with van der Waals surface area (Å²) in [6, 6.07) is 0.660. The van der Waals surface area contributed by atoms with Crippen LogP contribution in [-0.2, 0) is 13.6 Å². The van der Waals surface area contributed by atoms with Crippen molar-refractivity contribution in [3.05, 3.63) is 0 Å².